The summed E-state index contributed by atoms with van der Waals surface area (Å²) in [5, 5.41) is 0. The van der Waals surface area contributed by atoms with Crippen LogP contribution in [-0.2, 0) is 4.84 Å². The zero-order valence-corrected chi connectivity index (χ0v) is 4.77. The fraction of sp³-hybridized carbons (Fsp3) is 0.400. The maximum absolute atomic E-state index is 4.71. The lowest BCUT2D eigenvalue weighted by molar-refractivity contribution is 0.178. The van der Waals surface area contributed by atoms with Crippen molar-refractivity contribution in [2.45, 2.75) is 13.3 Å². The van der Waals surface area contributed by atoms with Gasteiger partial charge in [0.2, 0.25) is 5.88 Å². The molecule has 1 rings (SSSR count). The first-order valence-electron chi connectivity index (χ1n) is 2.52. The Morgan fingerprint density at radius 3 is 2.88 bits per heavy atom. The van der Waals surface area contributed by atoms with Crippen molar-refractivity contribution >= 4 is 5.84 Å². The minimum absolute atomic E-state index is 0.446. The number of nitrogens with zero attached hydrogens (tertiary/aromatic N) is 1. The smallest absolute Gasteiger partial charge is 0.240 e. The van der Waals surface area contributed by atoms with Crippen LogP contribution >= 0.6 is 0 Å². The van der Waals surface area contributed by atoms with E-state index in [2.05, 4.69) is 17.1 Å². The minimum Gasteiger partial charge on any atom is -0.361 e. The Hall–Kier alpha value is -0.990. The van der Waals surface area contributed by atoms with Crippen LogP contribution < -0.4 is 5.48 Å². The van der Waals surface area contributed by atoms with Crippen LogP contribution in [0.1, 0.15) is 13.3 Å². The minimum atomic E-state index is 0.446. The first kappa shape index (κ1) is 5.15. The lowest BCUT2D eigenvalue weighted by Crippen LogP contribution is -2.14. The Labute approximate surface area is 48.0 Å². The van der Waals surface area contributed by atoms with Crippen molar-refractivity contribution in [1.29, 1.82) is 0 Å². The summed E-state index contributed by atoms with van der Waals surface area (Å²) < 4.78 is 0. The monoisotopic (exact) mass is 112 g/mol. The average molecular weight is 112 g/mol. The summed E-state index contributed by atoms with van der Waals surface area (Å²) in [7, 11) is 0. The van der Waals surface area contributed by atoms with Gasteiger partial charge in [0.15, 0.2) is 0 Å². The van der Waals surface area contributed by atoms with E-state index in [1.807, 2.05) is 6.92 Å². The molecule has 0 bridgehead atoms. The van der Waals surface area contributed by atoms with Gasteiger partial charge >= 0.3 is 0 Å². The van der Waals surface area contributed by atoms with Gasteiger partial charge in [0, 0.05) is 6.42 Å². The molecule has 8 heavy (non-hydrogen) atoms. The van der Waals surface area contributed by atoms with Crippen molar-refractivity contribution in [3.63, 3.8) is 0 Å². The van der Waals surface area contributed by atoms with Crippen LogP contribution in [0.3, 0.4) is 0 Å². The van der Waals surface area contributed by atoms with E-state index in [1.165, 1.54) is 0 Å². The van der Waals surface area contributed by atoms with Gasteiger partial charge in [-0.3, -0.25) is 0 Å². The Balaban J connectivity index is 2.57. The van der Waals surface area contributed by atoms with Gasteiger partial charge in [-0.2, -0.15) is 4.99 Å². The second-order valence-corrected chi connectivity index (χ2v) is 1.51. The maximum atomic E-state index is 4.71. The van der Waals surface area contributed by atoms with E-state index in [9.17, 15) is 0 Å². The van der Waals surface area contributed by atoms with Crippen LogP contribution in [0.5, 0.6) is 0 Å². The largest absolute Gasteiger partial charge is 0.361 e. The van der Waals surface area contributed by atoms with Crippen LogP contribution in [0, 0.1) is 0 Å². The fourth-order valence-electron chi connectivity index (χ4n) is 0.465. The second kappa shape index (κ2) is 1.86. The molecule has 0 unspecified atom stereocenters. The van der Waals surface area contributed by atoms with Crippen molar-refractivity contribution < 1.29 is 4.84 Å². The summed E-state index contributed by atoms with van der Waals surface area (Å²) in [5.41, 5.74) is 2.61. The summed E-state index contributed by atoms with van der Waals surface area (Å²) in [6.07, 6.45) is 0.860. The van der Waals surface area contributed by atoms with E-state index in [0.717, 1.165) is 12.3 Å². The number of rotatable bonds is 1. The van der Waals surface area contributed by atoms with Gasteiger partial charge in [-0.1, -0.05) is 6.92 Å². The number of amidine groups is 1. The van der Waals surface area contributed by atoms with E-state index >= 15 is 0 Å². The summed E-state index contributed by atoms with van der Waals surface area (Å²) in [6.45, 7) is 5.47. The third-order valence-corrected chi connectivity index (χ3v) is 0.881. The molecule has 0 fully saturated rings. The fourth-order valence-corrected chi connectivity index (χ4v) is 0.465. The highest BCUT2D eigenvalue weighted by Crippen LogP contribution is 2.01. The molecule has 0 saturated heterocycles. The van der Waals surface area contributed by atoms with Crippen LogP contribution in [-0.4, -0.2) is 5.84 Å². The third-order valence-electron chi connectivity index (χ3n) is 0.881. The zero-order chi connectivity index (χ0) is 5.98. The molecule has 44 valence electrons. The van der Waals surface area contributed by atoms with Gasteiger partial charge in [0.1, 0.15) is 5.84 Å². The molecule has 3 nitrogen and oxygen atoms in total. The van der Waals surface area contributed by atoms with Gasteiger partial charge in [-0.15, -0.1) is 0 Å². The Morgan fingerprint density at radius 1 is 1.88 bits per heavy atom. The Kier molecular flexibility index (Phi) is 1.20. The van der Waals surface area contributed by atoms with E-state index in [-0.39, 0.29) is 0 Å². The van der Waals surface area contributed by atoms with Crippen molar-refractivity contribution in [2.24, 2.45) is 4.99 Å². The topological polar surface area (TPSA) is 33.6 Å². The molecule has 0 aliphatic carbocycles. The molecule has 1 aliphatic rings. The van der Waals surface area contributed by atoms with Gasteiger partial charge in [-0.25, -0.2) is 5.48 Å². The standard InChI is InChI=1S/C5H8N2O/c1-3-5-6-4(2)8-7-5/h2-3H2,1H3,(H,6,7). The van der Waals surface area contributed by atoms with E-state index in [1.54, 1.807) is 0 Å². The predicted molar refractivity (Wildman–Crippen MR) is 31.1 cm³/mol. The van der Waals surface area contributed by atoms with Gasteiger partial charge in [0.25, 0.3) is 0 Å². The molecule has 3 heteroatoms. The molecule has 0 amide bonds. The van der Waals surface area contributed by atoms with Gasteiger partial charge in [-0.05, 0) is 6.58 Å². The number of hydrogen-bond donors (Lipinski definition) is 1. The molecule has 0 aromatic carbocycles. The van der Waals surface area contributed by atoms with E-state index in [4.69, 9.17) is 4.84 Å². The van der Waals surface area contributed by atoms with E-state index in [0.29, 0.717) is 5.88 Å². The van der Waals surface area contributed by atoms with Gasteiger partial charge in [0.05, 0.1) is 0 Å². The lowest BCUT2D eigenvalue weighted by Gasteiger charge is -1.92. The third kappa shape index (κ3) is 0.804. The van der Waals surface area contributed by atoms with Crippen LogP contribution in [0.15, 0.2) is 17.5 Å². The maximum Gasteiger partial charge on any atom is 0.240 e. The first-order chi connectivity index (χ1) is 3.83. The van der Waals surface area contributed by atoms with Gasteiger partial charge < -0.3 is 4.84 Å². The molecule has 0 saturated carbocycles. The summed E-state index contributed by atoms with van der Waals surface area (Å²) >= 11 is 0. The molecular formula is C5H8N2O. The summed E-state index contributed by atoms with van der Waals surface area (Å²) in [5.74, 6) is 1.29. The second-order valence-electron chi connectivity index (χ2n) is 1.51. The van der Waals surface area contributed by atoms with Crippen molar-refractivity contribution in [1.82, 2.24) is 5.48 Å². The van der Waals surface area contributed by atoms with Crippen molar-refractivity contribution in [2.75, 3.05) is 0 Å². The van der Waals surface area contributed by atoms with Crippen molar-refractivity contribution in [3.8, 4) is 0 Å². The van der Waals surface area contributed by atoms with Crippen LogP contribution in [0.4, 0.5) is 0 Å². The number of hydrogen-bond acceptors (Lipinski definition) is 3. The number of nitrogens with one attached hydrogen (secondary N) is 1. The van der Waals surface area contributed by atoms with Crippen molar-refractivity contribution in [3.05, 3.63) is 12.5 Å². The Bertz CT molecular complexity index is 139. The first-order valence-corrected chi connectivity index (χ1v) is 2.52. The molecule has 0 atom stereocenters. The molecule has 0 aromatic heterocycles. The van der Waals surface area contributed by atoms with E-state index < -0.39 is 0 Å². The summed E-state index contributed by atoms with van der Waals surface area (Å²) in [4.78, 5) is 8.60. The molecule has 0 radical (unpaired) electrons. The summed E-state index contributed by atoms with van der Waals surface area (Å²) in [6, 6.07) is 0. The molecular weight excluding hydrogens is 104 g/mol. The molecule has 1 heterocycles. The Morgan fingerprint density at radius 2 is 2.62 bits per heavy atom. The lowest BCUT2D eigenvalue weighted by atomic mass is 10.5. The molecule has 0 spiro atoms. The van der Waals surface area contributed by atoms with Crippen LogP contribution in [0.25, 0.3) is 0 Å². The predicted octanol–water partition coefficient (Wildman–Crippen LogP) is 0.801. The molecule has 0 aromatic rings. The zero-order valence-electron chi connectivity index (χ0n) is 4.77. The number of aliphatic imine (C=N–C) groups is 1. The highest BCUT2D eigenvalue weighted by atomic mass is 16.7. The average Bonchev–Trinajstić information content (AvgIpc) is 2.14. The molecule has 1 N–H and O–H groups in total. The molecule has 1 aliphatic heterocycles. The SMILES string of the molecule is C=C1N=C(CC)NO1. The van der Waals surface area contributed by atoms with Crippen LogP contribution in [0.2, 0.25) is 0 Å². The highest BCUT2D eigenvalue weighted by Gasteiger charge is 2.05. The number of hydroxylamine groups is 1. The highest BCUT2D eigenvalue weighted by molar-refractivity contribution is 5.82. The normalized spacial score (nSPS) is 17.1. The quantitative estimate of drug-likeness (QED) is 0.544.